The Bertz CT molecular complexity index is 293. The minimum absolute atomic E-state index is 0.122. The Morgan fingerprint density at radius 1 is 1.25 bits per heavy atom. The van der Waals surface area contributed by atoms with Crippen LogP contribution in [0.25, 0.3) is 0 Å². The summed E-state index contributed by atoms with van der Waals surface area (Å²) < 4.78 is 0. The van der Waals surface area contributed by atoms with Crippen molar-refractivity contribution >= 4 is 0 Å². The Kier molecular flexibility index (Phi) is 4.93. The fraction of sp³-hybridized carbons (Fsp3) is 0.538. The molecule has 90 valence electrons. The van der Waals surface area contributed by atoms with Crippen LogP contribution in [0.5, 0.6) is 0 Å². The van der Waals surface area contributed by atoms with E-state index in [-0.39, 0.29) is 5.41 Å². The molecule has 16 heavy (non-hydrogen) atoms. The van der Waals surface area contributed by atoms with Gasteiger partial charge in [-0.1, -0.05) is 51.1 Å². The maximum Gasteiger partial charge on any atom is 0.0933 e. The lowest BCUT2D eigenvalue weighted by molar-refractivity contribution is -0.0230. The van der Waals surface area contributed by atoms with Crippen LogP contribution in [0.2, 0.25) is 0 Å². The summed E-state index contributed by atoms with van der Waals surface area (Å²) in [7, 11) is 0. The Labute approximate surface area is 97.4 Å². The van der Waals surface area contributed by atoms with E-state index in [9.17, 15) is 5.11 Å². The summed E-state index contributed by atoms with van der Waals surface area (Å²) in [6, 6.07) is 9.93. The van der Waals surface area contributed by atoms with Gasteiger partial charge in [0, 0.05) is 6.54 Å². The van der Waals surface area contributed by atoms with Crippen molar-refractivity contribution in [2.45, 2.75) is 33.5 Å². The number of hydrogen-bond donors (Lipinski definition) is 2. The van der Waals surface area contributed by atoms with Gasteiger partial charge in [-0.05, 0) is 11.0 Å². The van der Waals surface area contributed by atoms with Gasteiger partial charge in [0.25, 0.3) is 0 Å². The molecule has 0 aliphatic carbocycles. The summed E-state index contributed by atoms with van der Waals surface area (Å²) in [6.45, 7) is 6.94. The molecule has 0 bridgehead atoms. The summed E-state index contributed by atoms with van der Waals surface area (Å²) in [5.74, 6) is 0. The van der Waals surface area contributed by atoms with Crippen LogP contribution in [0.1, 0.15) is 26.3 Å². The molecule has 1 unspecified atom stereocenters. The SMILES string of the molecule is CC(C)(C)C(O)CNOCc1ccccc1. The average Bonchev–Trinajstić information content (AvgIpc) is 2.24. The molecule has 0 fully saturated rings. The average molecular weight is 223 g/mol. The lowest BCUT2D eigenvalue weighted by Gasteiger charge is -2.25. The second-order valence-corrected chi connectivity index (χ2v) is 5.00. The van der Waals surface area contributed by atoms with Crippen LogP contribution in [-0.2, 0) is 11.4 Å². The molecule has 0 aliphatic heterocycles. The highest BCUT2D eigenvalue weighted by Crippen LogP contribution is 2.18. The van der Waals surface area contributed by atoms with Crippen molar-refractivity contribution in [3.05, 3.63) is 35.9 Å². The van der Waals surface area contributed by atoms with Gasteiger partial charge in [-0.25, -0.2) is 0 Å². The normalized spacial score (nSPS) is 13.8. The molecule has 1 rings (SSSR count). The van der Waals surface area contributed by atoms with Crippen LogP contribution < -0.4 is 5.48 Å². The number of rotatable bonds is 5. The molecule has 0 saturated heterocycles. The van der Waals surface area contributed by atoms with Crippen LogP contribution in [0.4, 0.5) is 0 Å². The molecular weight excluding hydrogens is 202 g/mol. The summed E-state index contributed by atoms with van der Waals surface area (Å²) in [5, 5.41) is 9.74. The quantitative estimate of drug-likeness (QED) is 0.593. The van der Waals surface area contributed by atoms with Crippen LogP contribution in [0.3, 0.4) is 0 Å². The minimum Gasteiger partial charge on any atom is -0.391 e. The van der Waals surface area contributed by atoms with E-state index in [1.54, 1.807) is 0 Å². The number of aliphatic hydroxyl groups is 1. The van der Waals surface area contributed by atoms with E-state index >= 15 is 0 Å². The van der Waals surface area contributed by atoms with E-state index in [2.05, 4.69) is 5.48 Å². The zero-order valence-corrected chi connectivity index (χ0v) is 10.2. The molecule has 0 aliphatic rings. The van der Waals surface area contributed by atoms with Crippen LogP contribution in [0.15, 0.2) is 30.3 Å². The van der Waals surface area contributed by atoms with Crippen LogP contribution >= 0.6 is 0 Å². The molecule has 0 spiro atoms. The van der Waals surface area contributed by atoms with Gasteiger partial charge < -0.3 is 5.11 Å². The largest absolute Gasteiger partial charge is 0.391 e. The van der Waals surface area contributed by atoms with Crippen molar-refractivity contribution in [1.29, 1.82) is 0 Å². The highest BCUT2D eigenvalue weighted by Gasteiger charge is 2.21. The van der Waals surface area contributed by atoms with Gasteiger partial charge >= 0.3 is 0 Å². The van der Waals surface area contributed by atoms with Crippen molar-refractivity contribution < 1.29 is 9.94 Å². The maximum absolute atomic E-state index is 9.74. The second-order valence-electron chi connectivity index (χ2n) is 5.00. The lowest BCUT2D eigenvalue weighted by atomic mass is 9.89. The molecule has 1 aromatic rings. The molecule has 3 nitrogen and oxygen atoms in total. The molecular formula is C13H21NO2. The van der Waals surface area contributed by atoms with E-state index < -0.39 is 6.10 Å². The van der Waals surface area contributed by atoms with Crippen molar-refractivity contribution in [3.63, 3.8) is 0 Å². The maximum atomic E-state index is 9.74. The Hall–Kier alpha value is -0.900. The van der Waals surface area contributed by atoms with Crippen molar-refractivity contribution in [3.8, 4) is 0 Å². The number of aliphatic hydroxyl groups excluding tert-OH is 1. The van der Waals surface area contributed by atoms with Gasteiger partial charge in [0.05, 0.1) is 12.7 Å². The Morgan fingerprint density at radius 3 is 2.44 bits per heavy atom. The molecule has 0 heterocycles. The van der Waals surface area contributed by atoms with Crippen molar-refractivity contribution in [1.82, 2.24) is 5.48 Å². The van der Waals surface area contributed by atoms with Gasteiger partial charge in [-0.15, -0.1) is 0 Å². The summed E-state index contributed by atoms with van der Waals surface area (Å²) in [6.07, 6.45) is -0.414. The van der Waals surface area contributed by atoms with E-state index in [0.29, 0.717) is 13.2 Å². The van der Waals surface area contributed by atoms with E-state index in [1.807, 2.05) is 51.1 Å². The smallest absolute Gasteiger partial charge is 0.0933 e. The second kappa shape index (κ2) is 5.99. The molecule has 1 aromatic carbocycles. The molecule has 0 aromatic heterocycles. The molecule has 0 saturated carbocycles. The minimum atomic E-state index is -0.414. The fourth-order valence-electron chi connectivity index (χ4n) is 1.15. The Balaban J connectivity index is 2.18. The highest BCUT2D eigenvalue weighted by molar-refractivity contribution is 5.13. The molecule has 2 N–H and O–H groups in total. The zero-order chi connectivity index (χ0) is 12.0. The van der Waals surface area contributed by atoms with Crippen LogP contribution in [-0.4, -0.2) is 17.8 Å². The van der Waals surface area contributed by atoms with Crippen LogP contribution in [0, 0.1) is 5.41 Å². The number of hydrogen-bond acceptors (Lipinski definition) is 3. The third-order valence-electron chi connectivity index (χ3n) is 2.46. The van der Waals surface area contributed by atoms with E-state index in [1.165, 1.54) is 0 Å². The molecule has 3 heteroatoms. The standard InChI is InChI=1S/C13H21NO2/c1-13(2,3)12(15)9-14-16-10-11-7-5-4-6-8-11/h4-8,12,14-15H,9-10H2,1-3H3. The lowest BCUT2D eigenvalue weighted by Crippen LogP contribution is -2.36. The molecule has 1 atom stereocenters. The third kappa shape index (κ3) is 4.75. The summed E-state index contributed by atoms with van der Waals surface area (Å²) in [5.41, 5.74) is 3.78. The third-order valence-corrected chi connectivity index (χ3v) is 2.46. The molecule has 0 radical (unpaired) electrons. The van der Waals surface area contributed by atoms with Crippen molar-refractivity contribution in [2.24, 2.45) is 5.41 Å². The number of nitrogens with one attached hydrogen (secondary N) is 1. The summed E-state index contributed by atoms with van der Waals surface area (Å²) in [4.78, 5) is 5.28. The van der Waals surface area contributed by atoms with E-state index in [4.69, 9.17) is 4.84 Å². The fourth-order valence-corrected chi connectivity index (χ4v) is 1.15. The first kappa shape index (κ1) is 13.2. The predicted octanol–water partition coefficient (Wildman–Crippen LogP) is 2.11. The first-order chi connectivity index (χ1) is 7.50. The van der Waals surface area contributed by atoms with Gasteiger partial charge in [0.15, 0.2) is 0 Å². The van der Waals surface area contributed by atoms with Gasteiger partial charge in [0.1, 0.15) is 0 Å². The Morgan fingerprint density at radius 2 is 1.88 bits per heavy atom. The first-order valence-electron chi connectivity index (χ1n) is 5.57. The first-order valence-corrected chi connectivity index (χ1v) is 5.57. The van der Waals surface area contributed by atoms with Gasteiger partial charge in [0.2, 0.25) is 0 Å². The zero-order valence-electron chi connectivity index (χ0n) is 10.2. The van der Waals surface area contributed by atoms with Gasteiger partial charge in [-0.3, -0.25) is 4.84 Å². The highest BCUT2D eigenvalue weighted by atomic mass is 16.6. The predicted molar refractivity (Wildman–Crippen MR) is 64.7 cm³/mol. The molecule has 0 amide bonds. The van der Waals surface area contributed by atoms with E-state index in [0.717, 1.165) is 5.56 Å². The van der Waals surface area contributed by atoms with Gasteiger partial charge in [-0.2, -0.15) is 5.48 Å². The number of hydroxylamine groups is 1. The van der Waals surface area contributed by atoms with Crippen molar-refractivity contribution in [2.75, 3.05) is 6.54 Å². The summed E-state index contributed by atoms with van der Waals surface area (Å²) >= 11 is 0. The topological polar surface area (TPSA) is 41.5 Å². The number of benzene rings is 1. The monoisotopic (exact) mass is 223 g/mol.